The van der Waals surface area contributed by atoms with Crippen molar-refractivity contribution in [2.75, 3.05) is 0 Å². The summed E-state index contributed by atoms with van der Waals surface area (Å²) in [5.74, 6) is 0. The molecule has 0 saturated heterocycles. The molecule has 102 valence electrons. The van der Waals surface area contributed by atoms with Crippen LogP contribution in [0.5, 0.6) is 0 Å². The summed E-state index contributed by atoms with van der Waals surface area (Å²) in [6.07, 6.45) is 1.65. The molecule has 0 saturated carbocycles. The van der Waals surface area contributed by atoms with E-state index in [1.165, 1.54) is 11.3 Å². The summed E-state index contributed by atoms with van der Waals surface area (Å²) in [6, 6.07) is 8.72. The first-order valence-corrected chi connectivity index (χ1v) is 8.61. The van der Waals surface area contributed by atoms with Gasteiger partial charge in [-0.1, -0.05) is 6.07 Å². The predicted octanol–water partition coefficient (Wildman–Crippen LogP) is 3.12. The summed E-state index contributed by atoms with van der Waals surface area (Å²) in [7, 11) is -3.55. The van der Waals surface area contributed by atoms with E-state index in [-0.39, 0.29) is 4.21 Å². The molecular weight excluding hydrogens is 348 g/mol. The fourth-order valence-electron chi connectivity index (χ4n) is 1.61. The van der Waals surface area contributed by atoms with Crippen molar-refractivity contribution in [2.24, 2.45) is 0 Å². The Labute approximate surface area is 125 Å². The second-order valence-corrected chi connectivity index (χ2v) is 8.88. The van der Waals surface area contributed by atoms with Gasteiger partial charge in [-0.2, -0.15) is 4.72 Å². The van der Waals surface area contributed by atoms with E-state index >= 15 is 0 Å². The van der Waals surface area contributed by atoms with Gasteiger partial charge in [0.2, 0.25) is 0 Å². The molecule has 0 unspecified atom stereocenters. The summed E-state index contributed by atoms with van der Waals surface area (Å²) < 4.78 is 28.3. The number of nitrogens with one attached hydrogen (secondary N) is 1. The molecule has 4 nitrogen and oxygen atoms in total. The minimum Gasteiger partial charge on any atom is -0.259 e. The van der Waals surface area contributed by atoms with Crippen LogP contribution in [0.3, 0.4) is 0 Å². The topological polar surface area (TPSA) is 59.1 Å². The van der Waals surface area contributed by atoms with Gasteiger partial charge in [-0.15, -0.1) is 11.3 Å². The summed E-state index contributed by atoms with van der Waals surface area (Å²) in [4.78, 5) is 4.20. The van der Waals surface area contributed by atoms with Crippen LogP contribution in [0.2, 0.25) is 0 Å². The molecule has 0 aromatic carbocycles. The van der Waals surface area contributed by atoms with Crippen LogP contribution in [-0.4, -0.2) is 13.4 Å². The molecular formula is C12H13BrN2O2S2. The Morgan fingerprint density at radius 3 is 2.53 bits per heavy atom. The third kappa shape index (κ3) is 3.42. The number of halogens is 1. The molecule has 2 aromatic rings. The molecule has 0 bridgehead atoms. The number of nitrogens with zero attached hydrogens (tertiary/aromatic N) is 1. The third-order valence-electron chi connectivity index (χ3n) is 2.51. The molecule has 0 aliphatic carbocycles. The van der Waals surface area contributed by atoms with Gasteiger partial charge in [0.05, 0.1) is 15.0 Å². The number of pyridine rings is 1. The second-order valence-electron chi connectivity index (χ2n) is 4.50. The Bertz CT molecular complexity index is 666. The largest absolute Gasteiger partial charge is 0.259 e. The summed E-state index contributed by atoms with van der Waals surface area (Å²) >= 11 is 4.44. The van der Waals surface area contributed by atoms with Crippen LogP contribution in [0.25, 0.3) is 0 Å². The van der Waals surface area contributed by atoms with Crippen molar-refractivity contribution in [2.45, 2.75) is 23.6 Å². The minimum absolute atomic E-state index is 0.281. The number of aromatic nitrogens is 1. The normalized spacial score (nSPS) is 12.6. The summed E-state index contributed by atoms with van der Waals surface area (Å²) in [5.41, 5.74) is -0.0921. The molecule has 19 heavy (non-hydrogen) atoms. The number of thiophene rings is 1. The highest BCUT2D eigenvalue weighted by atomic mass is 79.9. The Hall–Kier alpha value is -0.760. The number of sulfonamides is 1. The zero-order valence-electron chi connectivity index (χ0n) is 10.4. The van der Waals surface area contributed by atoms with Crippen molar-refractivity contribution < 1.29 is 8.42 Å². The van der Waals surface area contributed by atoms with Gasteiger partial charge < -0.3 is 0 Å². The first-order chi connectivity index (χ1) is 8.81. The quantitative estimate of drug-likeness (QED) is 0.910. The van der Waals surface area contributed by atoms with E-state index in [0.29, 0.717) is 5.69 Å². The van der Waals surface area contributed by atoms with E-state index in [1.54, 1.807) is 44.3 Å². The van der Waals surface area contributed by atoms with E-state index in [1.807, 2.05) is 6.07 Å². The lowest BCUT2D eigenvalue weighted by molar-refractivity contribution is 0.461. The average Bonchev–Trinajstić information content (AvgIpc) is 2.77. The van der Waals surface area contributed by atoms with Gasteiger partial charge in [0.1, 0.15) is 4.21 Å². The molecule has 1 N–H and O–H groups in total. The molecule has 0 amide bonds. The van der Waals surface area contributed by atoms with Crippen molar-refractivity contribution in [3.05, 3.63) is 46.0 Å². The first-order valence-electron chi connectivity index (χ1n) is 5.52. The monoisotopic (exact) mass is 360 g/mol. The van der Waals surface area contributed by atoms with Gasteiger partial charge in [-0.3, -0.25) is 4.98 Å². The molecule has 2 aromatic heterocycles. The van der Waals surface area contributed by atoms with Crippen LogP contribution in [0.4, 0.5) is 0 Å². The Morgan fingerprint density at radius 1 is 1.26 bits per heavy atom. The van der Waals surface area contributed by atoms with Crippen molar-refractivity contribution >= 4 is 37.3 Å². The minimum atomic E-state index is -3.55. The van der Waals surface area contributed by atoms with E-state index in [9.17, 15) is 8.42 Å². The number of rotatable bonds is 4. The van der Waals surface area contributed by atoms with E-state index in [2.05, 4.69) is 25.6 Å². The van der Waals surface area contributed by atoms with Crippen LogP contribution in [0.15, 0.2) is 44.5 Å². The molecule has 7 heteroatoms. The Kier molecular flexibility index (Phi) is 4.10. The van der Waals surface area contributed by atoms with Gasteiger partial charge in [0.15, 0.2) is 0 Å². The van der Waals surface area contributed by atoms with Gasteiger partial charge in [-0.05, 0) is 54.0 Å². The Balaban J connectivity index is 2.30. The van der Waals surface area contributed by atoms with E-state index in [0.717, 1.165) is 3.79 Å². The molecule has 2 rings (SSSR count). The standard InChI is InChI=1S/C12H13BrN2O2S2/c1-12(2,9-5-3-4-8-14-9)15-19(16,17)11-7-6-10(13)18-11/h3-8,15H,1-2H3. The zero-order chi connectivity index (χ0) is 14.1. The van der Waals surface area contributed by atoms with Crippen molar-refractivity contribution in [1.82, 2.24) is 9.71 Å². The van der Waals surface area contributed by atoms with Gasteiger partial charge >= 0.3 is 0 Å². The maximum absolute atomic E-state index is 12.3. The molecule has 0 aliphatic heterocycles. The van der Waals surface area contributed by atoms with Crippen LogP contribution >= 0.6 is 27.3 Å². The fourth-order valence-corrected chi connectivity index (χ4v) is 5.01. The molecule has 0 aliphatic rings. The summed E-state index contributed by atoms with van der Waals surface area (Å²) in [6.45, 7) is 3.57. The lowest BCUT2D eigenvalue weighted by Crippen LogP contribution is -2.41. The van der Waals surface area contributed by atoms with Crippen molar-refractivity contribution in [3.8, 4) is 0 Å². The van der Waals surface area contributed by atoms with Crippen LogP contribution in [0.1, 0.15) is 19.5 Å². The van der Waals surface area contributed by atoms with Crippen molar-refractivity contribution in [3.63, 3.8) is 0 Å². The molecule has 0 radical (unpaired) electrons. The van der Waals surface area contributed by atoms with Gasteiger partial charge in [0, 0.05) is 6.20 Å². The van der Waals surface area contributed by atoms with E-state index < -0.39 is 15.6 Å². The Morgan fingerprint density at radius 2 is 2.00 bits per heavy atom. The third-order valence-corrected chi connectivity index (χ3v) is 6.28. The maximum Gasteiger partial charge on any atom is 0.250 e. The maximum atomic E-state index is 12.3. The van der Waals surface area contributed by atoms with Crippen LogP contribution in [-0.2, 0) is 15.6 Å². The number of hydrogen-bond donors (Lipinski definition) is 1. The highest BCUT2D eigenvalue weighted by molar-refractivity contribution is 9.11. The smallest absolute Gasteiger partial charge is 0.250 e. The lowest BCUT2D eigenvalue weighted by Gasteiger charge is -2.24. The second kappa shape index (κ2) is 5.32. The molecule has 0 atom stereocenters. The van der Waals surface area contributed by atoms with Crippen molar-refractivity contribution in [1.29, 1.82) is 0 Å². The molecule has 0 fully saturated rings. The van der Waals surface area contributed by atoms with Crippen LogP contribution in [0, 0.1) is 0 Å². The lowest BCUT2D eigenvalue weighted by atomic mass is 10.0. The number of hydrogen-bond acceptors (Lipinski definition) is 4. The molecule has 2 heterocycles. The average molecular weight is 361 g/mol. The zero-order valence-corrected chi connectivity index (χ0v) is 13.6. The first kappa shape index (κ1) is 14.6. The SMILES string of the molecule is CC(C)(NS(=O)(=O)c1ccc(Br)s1)c1ccccn1. The van der Waals surface area contributed by atoms with Crippen LogP contribution < -0.4 is 4.72 Å². The molecule has 0 spiro atoms. The summed E-state index contributed by atoms with van der Waals surface area (Å²) in [5, 5.41) is 0. The van der Waals surface area contributed by atoms with E-state index in [4.69, 9.17) is 0 Å². The highest BCUT2D eigenvalue weighted by Gasteiger charge is 2.29. The predicted molar refractivity (Wildman–Crippen MR) is 79.6 cm³/mol. The van der Waals surface area contributed by atoms with Gasteiger partial charge in [0.25, 0.3) is 10.0 Å². The fraction of sp³-hybridized carbons (Fsp3) is 0.250. The highest BCUT2D eigenvalue weighted by Crippen LogP contribution is 2.28. The van der Waals surface area contributed by atoms with Gasteiger partial charge in [-0.25, -0.2) is 8.42 Å².